The molecule has 2 N–H and O–H groups in total. The summed E-state index contributed by atoms with van der Waals surface area (Å²) in [6, 6.07) is 8.16. The third-order valence-electron chi connectivity index (χ3n) is 7.26. The lowest BCUT2D eigenvalue weighted by molar-refractivity contribution is 0.112. The highest BCUT2D eigenvalue weighted by molar-refractivity contribution is 6.04. The molecule has 0 bridgehead atoms. The van der Waals surface area contributed by atoms with E-state index in [4.69, 9.17) is 15.5 Å². The number of aryl methyl sites for hydroxylation is 1. The maximum atomic E-state index is 12.2. The monoisotopic (exact) mass is 458 g/mol. The minimum absolute atomic E-state index is 0.0840. The highest BCUT2D eigenvalue weighted by atomic mass is 16.5. The summed E-state index contributed by atoms with van der Waals surface area (Å²) in [5, 5.41) is 1.10. The Hall–Kier alpha value is -3.39. The fourth-order valence-electron chi connectivity index (χ4n) is 5.40. The molecule has 1 saturated heterocycles. The van der Waals surface area contributed by atoms with E-state index in [0.29, 0.717) is 23.8 Å². The lowest BCUT2D eigenvalue weighted by atomic mass is 10.0. The number of methoxy groups -OCH3 is 1. The first kappa shape index (κ1) is 21.2. The first-order valence-corrected chi connectivity index (χ1v) is 12.1. The minimum atomic E-state index is 0.0840. The van der Waals surface area contributed by atoms with Gasteiger partial charge in [-0.25, -0.2) is 9.97 Å². The summed E-state index contributed by atoms with van der Waals surface area (Å²) in [6.45, 7) is 2.50. The zero-order chi connectivity index (χ0) is 23.4. The molecule has 1 aliphatic heterocycles. The van der Waals surface area contributed by atoms with Crippen LogP contribution in [0.15, 0.2) is 30.5 Å². The highest BCUT2D eigenvalue weighted by Gasteiger charge is 2.29. The number of anilines is 1. The average Bonchev–Trinajstić information content (AvgIpc) is 3.51. The number of nitrogens with zero attached hydrogens (tertiary/aromatic N) is 5. The molecule has 3 aromatic heterocycles. The van der Waals surface area contributed by atoms with Crippen LogP contribution in [0, 0.1) is 5.92 Å². The van der Waals surface area contributed by atoms with Crippen molar-refractivity contribution in [2.75, 3.05) is 25.1 Å². The number of ether oxygens (including phenoxy) is 1. The molecular weight excluding hydrogens is 428 g/mol. The van der Waals surface area contributed by atoms with Gasteiger partial charge in [0.2, 0.25) is 0 Å². The van der Waals surface area contributed by atoms with Crippen molar-refractivity contribution in [3.8, 4) is 17.3 Å². The van der Waals surface area contributed by atoms with E-state index >= 15 is 0 Å². The number of piperidine rings is 1. The summed E-state index contributed by atoms with van der Waals surface area (Å²) in [7, 11) is 3.66. The topological polar surface area (TPSA) is 91.2 Å². The summed E-state index contributed by atoms with van der Waals surface area (Å²) in [6.07, 6.45) is 7.25. The maximum Gasteiger partial charge on any atom is 0.157 e. The van der Waals surface area contributed by atoms with Crippen LogP contribution in [0.2, 0.25) is 0 Å². The average molecular weight is 459 g/mol. The van der Waals surface area contributed by atoms with Crippen LogP contribution in [-0.2, 0) is 13.6 Å². The van der Waals surface area contributed by atoms with Crippen LogP contribution in [0.25, 0.3) is 33.6 Å². The Kier molecular flexibility index (Phi) is 5.06. The molecule has 2 fully saturated rings. The van der Waals surface area contributed by atoms with E-state index in [0.717, 1.165) is 71.5 Å². The van der Waals surface area contributed by atoms with Gasteiger partial charge in [0.05, 0.1) is 18.5 Å². The Morgan fingerprint density at radius 2 is 2.12 bits per heavy atom. The zero-order valence-corrected chi connectivity index (χ0v) is 19.7. The van der Waals surface area contributed by atoms with Gasteiger partial charge in [-0.3, -0.25) is 4.79 Å². The van der Waals surface area contributed by atoms with Crippen molar-refractivity contribution in [3.63, 3.8) is 0 Å². The molecule has 6 rings (SSSR count). The Labute approximate surface area is 198 Å². The Morgan fingerprint density at radius 3 is 2.85 bits per heavy atom. The molecule has 8 heteroatoms. The van der Waals surface area contributed by atoms with Gasteiger partial charge in [0.15, 0.2) is 12.1 Å². The molecule has 1 saturated carbocycles. The van der Waals surface area contributed by atoms with Crippen LogP contribution >= 0.6 is 0 Å². The number of rotatable bonds is 6. The van der Waals surface area contributed by atoms with Crippen LogP contribution in [0.5, 0.6) is 5.75 Å². The van der Waals surface area contributed by atoms with Crippen molar-refractivity contribution >= 4 is 34.0 Å². The van der Waals surface area contributed by atoms with Gasteiger partial charge in [0.1, 0.15) is 22.4 Å². The molecule has 0 unspecified atom stereocenters. The van der Waals surface area contributed by atoms with Gasteiger partial charge in [-0.15, -0.1) is 0 Å². The van der Waals surface area contributed by atoms with Crippen molar-refractivity contribution in [2.45, 2.75) is 38.3 Å². The van der Waals surface area contributed by atoms with Gasteiger partial charge in [-0.1, -0.05) is 0 Å². The number of hydrogen-bond donors (Lipinski definition) is 1. The van der Waals surface area contributed by atoms with Crippen LogP contribution in [0.3, 0.4) is 0 Å². The van der Waals surface area contributed by atoms with E-state index in [-0.39, 0.29) is 6.04 Å². The molecule has 176 valence electrons. The second-order valence-electron chi connectivity index (χ2n) is 9.67. The largest absolute Gasteiger partial charge is 0.494 e. The molecule has 8 nitrogen and oxygen atoms in total. The summed E-state index contributed by atoms with van der Waals surface area (Å²) in [5.74, 6) is 2.18. The number of aromatic nitrogens is 4. The van der Waals surface area contributed by atoms with E-state index in [1.807, 2.05) is 25.4 Å². The predicted octanol–water partition coefficient (Wildman–Crippen LogP) is 3.75. The fraction of sp³-hybridized carbons (Fsp3) is 0.423. The molecule has 1 aromatic carbocycles. The predicted molar refractivity (Wildman–Crippen MR) is 134 cm³/mol. The van der Waals surface area contributed by atoms with Gasteiger partial charge in [0.25, 0.3) is 0 Å². The van der Waals surface area contributed by atoms with Gasteiger partial charge in [0, 0.05) is 49.9 Å². The first-order valence-electron chi connectivity index (χ1n) is 12.1. The number of carbonyl (C=O) groups is 1. The number of imidazole rings is 1. The van der Waals surface area contributed by atoms with Crippen molar-refractivity contribution in [1.82, 2.24) is 19.1 Å². The number of benzene rings is 1. The third kappa shape index (κ3) is 3.36. The molecule has 0 radical (unpaired) electrons. The second kappa shape index (κ2) is 8.13. The van der Waals surface area contributed by atoms with Crippen LogP contribution in [0.1, 0.15) is 36.0 Å². The van der Waals surface area contributed by atoms with Crippen LogP contribution in [-0.4, -0.2) is 51.6 Å². The van der Waals surface area contributed by atoms with E-state index in [1.54, 1.807) is 7.11 Å². The van der Waals surface area contributed by atoms with Gasteiger partial charge in [-0.05, 0) is 55.9 Å². The molecule has 34 heavy (non-hydrogen) atoms. The molecule has 4 aromatic rings. The summed E-state index contributed by atoms with van der Waals surface area (Å²) >= 11 is 0. The SMILES string of the molecule is COc1cc(C=O)c(N2CCC[C@@H](N)C2)c2nc(-c3cc4cccnc4n3CC3CC3)n(C)c12. The van der Waals surface area contributed by atoms with Crippen molar-refractivity contribution in [3.05, 3.63) is 36.0 Å². The first-order chi connectivity index (χ1) is 16.6. The minimum Gasteiger partial charge on any atom is -0.494 e. The zero-order valence-electron chi connectivity index (χ0n) is 19.7. The number of nitrogens with two attached hydrogens (primary N) is 1. The molecule has 0 spiro atoms. The lowest BCUT2D eigenvalue weighted by Gasteiger charge is -2.33. The van der Waals surface area contributed by atoms with Crippen molar-refractivity contribution in [1.29, 1.82) is 0 Å². The van der Waals surface area contributed by atoms with Gasteiger partial charge < -0.3 is 24.5 Å². The van der Waals surface area contributed by atoms with E-state index < -0.39 is 0 Å². The highest BCUT2D eigenvalue weighted by Crippen LogP contribution is 2.41. The number of fused-ring (bicyclic) bond motifs is 2. The molecule has 4 heterocycles. The molecule has 1 aliphatic carbocycles. The Morgan fingerprint density at radius 1 is 1.26 bits per heavy atom. The Balaban J connectivity index is 1.61. The lowest BCUT2D eigenvalue weighted by Crippen LogP contribution is -2.43. The van der Waals surface area contributed by atoms with E-state index in [1.165, 1.54) is 12.8 Å². The quantitative estimate of drug-likeness (QED) is 0.443. The van der Waals surface area contributed by atoms with Gasteiger partial charge in [-0.2, -0.15) is 0 Å². The molecule has 2 aliphatic rings. The van der Waals surface area contributed by atoms with Gasteiger partial charge >= 0.3 is 0 Å². The van der Waals surface area contributed by atoms with Crippen LogP contribution in [0.4, 0.5) is 5.69 Å². The summed E-state index contributed by atoms with van der Waals surface area (Å²) in [4.78, 5) is 24.2. The smallest absolute Gasteiger partial charge is 0.157 e. The number of hydrogen-bond acceptors (Lipinski definition) is 6. The number of aldehydes is 1. The summed E-state index contributed by atoms with van der Waals surface area (Å²) in [5.41, 5.74) is 11.4. The molecule has 0 amide bonds. The Bertz CT molecular complexity index is 1400. The third-order valence-corrected chi connectivity index (χ3v) is 7.26. The normalized spacial score (nSPS) is 18.7. The molecule has 1 atom stereocenters. The van der Waals surface area contributed by atoms with E-state index in [2.05, 4.69) is 31.2 Å². The second-order valence-corrected chi connectivity index (χ2v) is 9.67. The van der Waals surface area contributed by atoms with E-state index in [9.17, 15) is 4.79 Å². The number of pyridine rings is 1. The van der Waals surface area contributed by atoms with Crippen molar-refractivity contribution < 1.29 is 9.53 Å². The van der Waals surface area contributed by atoms with Crippen molar-refractivity contribution in [2.24, 2.45) is 18.7 Å². The summed E-state index contributed by atoms with van der Waals surface area (Å²) < 4.78 is 10.1. The van der Waals surface area contributed by atoms with Crippen LogP contribution < -0.4 is 15.4 Å². The standard InChI is InChI=1S/C26H30N6O2/c1-30-24-21(34-2)12-18(15-33)23(31-10-4-6-19(27)14-31)22(24)29-26(30)20-11-17-5-3-9-28-25(17)32(20)13-16-7-8-16/h3,5,9,11-12,15-16,19H,4,6-8,10,13-14,27H2,1-2H3/t19-/m1/s1. The molecular formula is C26H30N6O2. The fourth-order valence-corrected chi connectivity index (χ4v) is 5.40. The number of carbonyl (C=O) groups excluding carboxylic acids is 1. The maximum absolute atomic E-state index is 12.2.